The van der Waals surface area contributed by atoms with E-state index in [9.17, 15) is 4.79 Å². The Kier molecular flexibility index (Phi) is 3.61. The fourth-order valence-electron chi connectivity index (χ4n) is 1.90. The van der Waals surface area contributed by atoms with E-state index in [0.29, 0.717) is 22.6 Å². The van der Waals surface area contributed by atoms with Gasteiger partial charge in [0.05, 0.1) is 22.6 Å². The molecule has 2 rings (SSSR count). The van der Waals surface area contributed by atoms with Crippen molar-refractivity contribution in [1.29, 1.82) is 0 Å². The molecule has 1 heterocycles. The van der Waals surface area contributed by atoms with Gasteiger partial charge in [0, 0.05) is 17.7 Å². The van der Waals surface area contributed by atoms with Gasteiger partial charge in [-0.25, -0.2) is 0 Å². The molecule has 0 saturated heterocycles. The highest BCUT2D eigenvalue weighted by atomic mass is 79.9. The molecule has 6 heteroatoms. The minimum atomic E-state index is -0.221. The number of aryl methyl sites for hydroxylation is 3. The zero-order chi connectivity index (χ0) is 14.2. The van der Waals surface area contributed by atoms with E-state index in [0.717, 1.165) is 10.0 Å². The van der Waals surface area contributed by atoms with E-state index in [4.69, 9.17) is 5.73 Å². The molecule has 100 valence electrons. The maximum atomic E-state index is 12.2. The van der Waals surface area contributed by atoms with Crippen molar-refractivity contribution in [3.05, 3.63) is 39.6 Å². The third kappa shape index (κ3) is 2.78. The summed E-state index contributed by atoms with van der Waals surface area (Å²) in [7, 11) is 1.78. The van der Waals surface area contributed by atoms with E-state index in [1.807, 2.05) is 19.1 Å². The number of amides is 1. The highest BCUT2D eigenvalue weighted by Gasteiger charge is 2.15. The maximum Gasteiger partial charge on any atom is 0.259 e. The first-order valence-corrected chi connectivity index (χ1v) is 6.55. The second kappa shape index (κ2) is 5.05. The Labute approximate surface area is 119 Å². The quantitative estimate of drug-likeness (QED) is 0.835. The van der Waals surface area contributed by atoms with Crippen LogP contribution in [0.15, 0.2) is 22.8 Å². The summed E-state index contributed by atoms with van der Waals surface area (Å²) < 4.78 is 2.37. The summed E-state index contributed by atoms with van der Waals surface area (Å²) in [4.78, 5) is 12.2. The van der Waals surface area contributed by atoms with Crippen molar-refractivity contribution < 1.29 is 4.79 Å². The second-order valence-corrected chi connectivity index (χ2v) is 5.32. The zero-order valence-electron chi connectivity index (χ0n) is 11.0. The van der Waals surface area contributed by atoms with Crippen LogP contribution in [0.1, 0.15) is 21.6 Å². The average molecular weight is 323 g/mol. The molecule has 0 bridgehead atoms. The summed E-state index contributed by atoms with van der Waals surface area (Å²) >= 11 is 3.41. The average Bonchev–Trinajstić information content (AvgIpc) is 2.62. The normalized spacial score (nSPS) is 10.5. The second-order valence-electron chi connectivity index (χ2n) is 4.47. The van der Waals surface area contributed by atoms with Gasteiger partial charge in [-0.1, -0.05) is 0 Å². The minimum absolute atomic E-state index is 0.221. The van der Waals surface area contributed by atoms with Gasteiger partial charge < -0.3 is 11.1 Å². The Morgan fingerprint density at radius 3 is 2.63 bits per heavy atom. The lowest BCUT2D eigenvalue weighted by atomic mass is 10.2. The van der Waals surface area contributed by atoms with Crippen molar-refractivity contribution in [1.82, 2.24) is 9.78 Å². The van der Waals surface area contributed by atoms with E-state index >= 15 is 0 Å². The number of nitrogens with two attached hydrogens (primary N) is 1. The van der Waals surface area contributed by atoms with Crippen LogP contribution in [0, 0.1) is 13.8 Å². The summed E-state index contributed by atoms with van der Waals surface area (Å²) in [6.07, 6.45) is 1.68. The van der Waals surface area contributed by atoms with Crippen molar-refractivity contribution in [2.45, 2.75) is 13.8 Å². The van der Waals surface area contributed by atoms with Gasteiger partial charge in [0.2, 0.25) is 0 Å². The molecule has 0 atom stereocenters. The van der Waals surface area contributed by atoms with Gasteiger partial charge in [-0.3, -0.25) is 9.48 Å². The summed E-state index contributed by atoms with van der Waals surface area (Å²) in [6.45, 7) is 3.74. The summed E-state index contributed by atoms with van der Waals surface area (Å²) in [5, 5.41) is 6.96. The molecule has 0 saturated carbocycles. The number of carbonyl (C=O) groups is 1. The van der Waals surface area contributed by atoms with Crippen LogP contribution >= 0.6 is 15.9 Å². The van der Waals surface area contributed by atoms with E-state index in [2.05, 4.69) is 26.3 Å². The SMILES string of the molecule is Cc1cc(N)c(NC(=O)c2cn(C)nc2C)c(Br)c1. The topological polar surface area (TPSA) is 72.9 Å². The number of hydrogen-bond donors (Lipinski definition) is 2. The van der Waals surface area contributed by atoms with Gasteiger partial charge in [0.1, 0.15) is 0 Å². The Bertz CT molecular complexity index is 625. The van der Waals surface area contributed by atoms with Crippen LogP contribution in [0.5, 0.6) is 0 Å². The van der Waals surface area contributed by atoms with E-state index in [-0.39, 0.29) is 5.91 Å². The fourth-order valence-corrected chi connectivity index (χ4v) is 2.59. The smallest absolute Gasteiger partial charge is 0.259 e. The number of hydrogen-bond acceptors (Lipinski definition) is 3. The molecule has 2 aromatic rings. The molecule has 3 N–H and O–H groups in total. The van der Waals surface area contributed by atoms with E-state index in [1.54, 1.807) is 24.9 Å². The van der Waals surface area contributed by atoms with E-state index < -0.39 is 0 Å². The lowest BCUT2D eigenvalue weighted by Gasteiger charge is -2.11. The lowest BCUT2D eigenvalue weighted by Crippen LogP contribution is -2.14. The van der Waals surface area contributed by atoms with Crippen molar-refractivity contribution in [3.63, 3.8) is 0 Å². The van der Waals surface area contributed by atoms with Crippen LogP contribution in [-0.2, 0) is 7.05 Å². The number of halogens is 1. The number of rotatable bonds is 2. The number of anilines is 2. The van der Waals surface area contributed by atoms with Crippen LogP contribution in [0.25, 0.3) is 0 Å². The molecule has 0 aliphatic rings. The molecule has 1 aromatic carbocycles. The van der Waals surface area contributed by atoms with Gasteiger partial charge >= 0.3 is 0 Å². The monoisotopic (exact) mass is 322 g/mol. The largest absolute Gasteiger partial charge is 0.397 e. The molecule has 0 spiro atoms. The predicted molar refractivity (Wildman–Crippen MR) is 79.2 cm³/mol. The van der Waals surface area contributed by atoms with Crippen LogP contribution in [-0.4, -0.2) is 15.7 Å². The number of aromatic nitrogens is 2. The van der Waals surface area contributed by atoms with Gasteiger partial charge in [0.15, 0.2) is 0 Å². The first-order valence-electron chi connectivity index (χ1n) is 5.75. The third-order valence-corrected chi connectivity index (χ3v) is 3.39. The number of benzene rings is 1. The Morgan fingerprint density at radius 1 is 1.42 bits per heavy atom. The molecule has 0 aliphatic heterocycles. The third-order valence-electron chi connectivity index (χ3n) is 2.76. The van der Waals surface area contributed by atoms with Crippen LogP contribution in [0.2, 0.25) is 0 Å². The molecule has 5 nitrogen and oxygen atoms in total. The molecule has 1 amide bonds. The minimum Gasteiger partial charge on any atom is -0.397 e. The Morgan fingerprint density at radius 2 is 2.11 bits per heavy atom. The maximum absolute atomic E-state index is 12.2. The first kappa shape index (κ1) is 13.6. The van der Waals surface area contributed by atoms with Crippen LogP contribution in [0.4, 0.5) is 11.4 Å². The van der Waals surface area contributed by atoms with Gasteiger partial charge in [-0.2, -0.15) is 5.10 Å². The van der Waals surface area contributed by atoms with Crippen molar-refractivity contribution in [2.24, 2.45) is 7.05 Å². The Hall–Kier alpha value is -1.82. The number of nitrogen functional groups attached to an aromatic ring is 1. The molecule has 0 aliphatic carbocycles. The summed E-state index contributed by atoms with van der Waals surface area (Å²) in [6, 6.07) is 3.72. The molecule has 0 fully saturated rings. The van der Waals surface area contributed by atoms with Crippen LogP contribution in [0.3, 0.4) is 0 Å². The summed E-state index contributed by atoms with van der Waals surface area (Å²) in [5.41, 5.74) is 9.28. The van der Waals surface area contributed by atoms with Gasteiger partial charge in [0.25, 0.3) is 5.91 Å². The number of carbonyl (C=O) groups excluding carboxylic acids is 1. The number of nitrogens with zero attached hydrogens (tertiary/aromatic N) is 2. The molecule has 0 radical (unpaired) electrons. The first-order chi connectivity index (χ1) is 8.88. The highest BCUT2D eigenvalue weighted by molar-refractivity contribution is 9.10. The van der Waals surface area contributed by atoms with E-state index in [1.165, 1.54) is 0 Å². The highest BCUT2D eigenvalue weighted by Crippen LogP contribution is 2.30. The molecule has 1 aromatic heterocycles. The van der Waals surface area contributed by atoms with Crippen molar-refractivity contribution in [2.75, 3.05) is 11.1 Å². The standard InChI is InChI=1S/C13H15BrN4O/c1-7-4-10(14)12(11(15)5-7)16-13(19)9-6-18(3)17-8(9)2/h4-6H,15H2,1-3H3,(H,16,19). The van der Waals surface area contributed by atoms with Crippen LogP contribution < -0.4 is 11.1 Å². The van der Waals surface area contributed by atoms with Gasteiger partial charge in [-0.05, 0) is 47.5 Å². The van der Waals surface area contributed by atoms with Crippen molar-refractivity contribution >= 4 is 33.2 Å². The zero-order valence-corrected chi connectivity index (χ0v) is 12.6. The van der Waals surface area contributed by atoms with Gasteiger partial charge in [-0.15, -0.1) is 0 Å². The van der Waals surface area contributed by atoms with Crippen molar-refractivity contribution in [3.8, 4) is 0 Å². The predicted octanol–water partition coefficient (Wildman–Crippen LogP) is 2.63. The number of nitrogens with one attached hydrogen (secondary N) is 1. The molecular formula is C13H15BrN4O. The Balaban J connectivity index is 2.32. The molecule has 19 heavy (non-hydrogen) atoms. The lowest BCUT2D eigenvalue weighted by molar-refractivity contribution is 0.102. The summed E-state index contributed by atoms with van der Waals surface area (Å²) in [5.74, 6) is -0.221. The molecule has 0 unspecified atom stereocenters. The molecular weight excluding hydrogens is 308 g/mol. The fraction of sp³-hybridized carbons (Fsp3) is 0.231.